The minimum absolute atomic E-state index is 0.00222. The molecule has 1 heterocycles. The molecular formula is C12H17N3O4. The number of nitro groups is 1. The second-order valence-electron chi connectivity index (χ2n) is 4.39. The molecule has 0 fully saturated rings. The fourth-order valence-electron chi connectivity index (χ4n) is 1.76. The molecule has 0 radical (unpaired) electrons. The molecule has 0 spiro atoms. The molecule has 0 bridgehead atoms. The van der Waals surface area contributed by atoms with Crippen molar-refractivity contribution in [2.45, 2.75) is 32.7 Å². The molecule has 104 valence electrons. The normalized spacial score (nSPS) is 10.5. The van der Waals surface area contributed by atoms with E-state index in [0.717, 1.165) is 0 Å². The number of rotatable bonds is 7. The molecule has 7 nitrogen and oxygen atoms in total. The first-order valence-corrected chi connectivity index (χ1v) is 6.01. The topological polar surface area (TPSA) is 96.6 Å². The van der Waals surface area contributed by atoms with E-state index in [9.17, 15) is 14.9 Å². The van der Waals surface area contributed by atoms with Crippen LogP contribution in [0.4, 0.5) is 11.5 Å². The molecule has 0 unspecified atom stereocenters. The van der Waals surface area contributed by atoms with Gasteiger partial charge < -0.3 is 10.0 Å². The first kappa shape index (κ1) is 14.9. The lowest BCUT2D eigenvalue weighted by Crippen LogP contribution is -2.33. The highest BCUT2D eigenvalue weighted by molar-refractivity contribution is 5.66. The number of carbonyl (C=O) groups is 1. The number of carboxylic acid groups (broad SMARTS) is 1. The van der Waals surface area contributed by atoms with Crippen LogP contribution in [0.1, 0.15) is 26.7 Å². The van der Waals surface area contributed by atoms with Gasteiger partial charge in [-0.25, -0.2) is 4.98 Å². The van der Waals surface area contributed by atoms with Crippen molar-refractivity contribution in [3.8, 4) is 0 Å². The SMILES string of the molecule is CC(C)N(CCCC(=O)O)c1ncccc1[N+](=O)[O-]. The Labute approximate surface area is 111 Å². The lowest BCUT2D eigenvalue weighted by atomic mass is 10.2. The Bertz CT molecular complexity index is 462. The largest absolute Gasteiger partial charge is 0.481 e. The first-order valence-electron chi connectivity index (χ1n) is 6.01. The summed E-state index contributed by atoms with van der Waals surface area (Å²) in [7, 11) is 0. The molecular weight excluding hydrogens is 250 g/mol. The summed E-state index contributed by atoms with van der Waals surface area (Å²) in [5.74, 6) is -0.591. The average Bonchev–Trinajstić information content (AvgIpc) is 2.34. The maximum atomic E-state index is 11.0. The predicted molar refractivity (Wildman–Crippen MR) is 70.2 cm³/mol. The van der Waals surface area contributed by atoms with Crippen LogP contribution in [0.2, 0.25) is 0 Å². The van der Waals surface area contributed by atoms with Crippen LogP contribution in [0.25, 0.3) is 0 Å². The summed E-state index contributed by atoms with van der Waals surface area (Å²) in [5, 5.41) is 19.6. The van der Waals surface area contributed by atoms with Crippen molar-refractivity contribution in [2.24, 2.45) is 0 Å². The Morgan fingerprint density at radius 3 is 2.79 bits per heavy atom. The Morgan fingerprint density at radius 1 is 1.58 bits per heavy atom. The zero-order chi connectivity index (χ0) is 14.4. The smallest absolute Gasteiger partial charge is 0.311 e. The zero-order valence-corrected chi connectivity index (χ0v) is 10.9. The van der Waals surface area contributed by atoms with E-state index in [1.807, 2.05) is 13.8 Å². The number of nitrogens with zero attached hydrogens (tertiary/aromatic N) is 3. The Balaban J connectivity index is 2.93. The maximum Gasteiger partial charge on any atom is 0.311 e. The van der Waals surface area contributed by atoms with E-state index in [1.165, 1.54) is 18.3 Å². The van der Waals surface area contributed by atoms with E-state index in [4.69, 9.17) is 5.11 Å². The van der Waals surface area contributed by atoms with E-state index in [0.29, 0.717) is 13.0 Å². The lowest BCUT2D eigenvalue weighted by Gasteiger charge is -2.27. The standard InChI is InChI=1S/C12H17N3O4/c1-9(2)14(8-4-6-11(16)17)12-10(15(18)19)5-3-7-13-12/h3,5,7,9H,4,6,8H2,1-2H3,(H,16,17). The van der Waals surface area contributed by atoms with Crippen molar-refractivity contribution in [1.29, 1.82) is 0 Å². The Morgan fingerprint density at radius 2 is 2.26 bits per heavy atom. The fourth-order valence-corrected chi connectivity index (χ4v) is 1.76. The van der Waals surface area contributed by atoms with Crippen molar-refractivity contribution in [3.63, 3.8) is 0 Å². The summed E-state index contributed by atoms with van der Waals surface area (Å²) in [6, 6.07) is 2.91. The van der Waals surface area contributed by atoms with Gasteiger partial charge in [0, 0.05) is 31.3 Å². The van der Waals surface area contributed by atoms with Crippen molar-refractivity contribution in [2.75, 3.05) is 11.4 Å². The van der Waals surface area contributed by atoms with Gasteiger partial charge in [0.25, 0.3) is 0 Å². The monoisotopic (exact) mass is 267 g/mol. The van der Waals surface area contributed by atoms with Crippen molar-refractivity contribution >= 4 is 17.5 Å². The molecule has 0 aromatic carbocycles. The molecule has 1 N–H and O–H groups in total. The summed E-state index contributed by atoms with van der Waals surface area (Å²) in [6.45, 7) is 4.19. The van der Waals surface area contributed by atoms with Gasteiger partial charge in [0.05, 0.1) is 4.92 Å². The number of hydrogen-bond donors (Lipinski definition) is 1. The first-order chi connectivity index (χ1) is 8.93. The third kappa shape index (κ3) is 4.20. The number of aromatic nitrogens is 1. The van der Waals surface area contributed by atoms with Gasteiger partial charge in [-0.3, -0.25) is 14.9 Å². The van der Waals surface area contributed by atoms with Gasteiger partial charge in [-0.15, -0.1) is 0 Å². The summed E-state index contributed by atoms with van der Waals surface area (Å²) in [4.78, 5) is 26.8. The molecule has 1 rings (SSSR count). The predicted octanol–water partition coefficient (Wildman–Crippen LogP) is 2.07. The van der Waals surface area contributed by atoms with E-state index in [2.05, 4.69) is 4.98 Å². The second kappa shape index (κ2) is 6.67. The van der Waals surface area contributed by atoms with E-state index >= 15 is 0 Å². The fraction of sp³-hybridized carbons (Fsp3) is 0.500. The lowest BCUT2D eigenvalue weighted by molar-refractivity contribution is -0.384. The van der Waals surface area contributed by atoms with Crippen LogP contribution in [0.15, 0.2) is 18.3 Å². The maximum absolute atomic E-state index is 11.0. The average molecular weight is 267 g/mol. The van der Waals surface area contributed by atoms with Crippen LogP contribution in [0, 0.1) is 10.1 Å². The molecule has 0 aliphatic heterocycles. The quantitative estimate of drug-likeness (QED) is 0.600. The minimum Gasteiger partial charge on any atom is -0.481 e. The number of aliphatic carboxylic acids is 1. The van der Waals surface area contributed by atoms with Gasteiger partial charge >= 0.3 is 11.7 Å². The minimum atomic E-state index is -0.876. The van der Waals surface area contributed by atoms with Crippen LogP contribution < -0.4 is 4.90 Å². The van der Waals surface area contributed by atoms with Crippen LogP contribution in [-0.4, -0.2) is 33.6 Å². The Hall–Kier alpha value is -2.18. The number of anilines is 1. The molecule has 19 heavy (non-hydrogen) atoms. The highest BCUT2D eigenvalue weighted by Gasteiger charge is 2.22. The van der Waals surface area contributed by atoms with Crippen molar-refractivity contribution in [1.82, 2.24) is 4.98 Å². The van der Waals surface area contributed by atoms with Gasteiger partial charge in [0.15, 0.2) is 0 Å². The molecule has 1 aromatic heterocycles. The van der Waals surface area contributed by atoms with Gasteiger partial charge in [0.2, 0.25) is 5.82 Å². The summed E-state index contributed by atoms with van der Waals surface area (Å²) >= 11 is 0. The van der Waals surface area contributed by atoms with Crippen LogP contribution >= 0.6 is 0 Å². The van der Waals surface area contributed by atoms with Gasteiger partial charge in [0.1, 0.15) is 0 Å². The third-order valence-corrected chi connectivity index (χ3v) is 2.65. The van der Waals surface area contributed by atoms with E-state index in [1.54, 1.807) is 4.90 Å². The number of carboxylic acids is 1. The molecule has 0 atom stereocenters. The molecule has 1 aromatic rings. The van der Waals surface area contributed by atoms with Gasteiger partial charge in [-0.05, 0) is 26.3 Å². The molecule has 0 amide bonds. The summed E-state index contributed by atoms with van der Waals surface area (Å²) < 4.78 is 0. The van der Waals surface area contributed by atoms with Crippen molar-refractivity contribution < 1.29 is 14.8 Å². The van der Waals surface area contributed by atoms with Gasteiger partial charge in [-0.1, -0.05) is 0 Å². The molecule has 0 aliphatic rings. The summed E-state index contributed by atoms with van der Waals surface area (Å²) in [6.07, 6.45) is 1.94. The highest BCUT2D eigenvalue weighted by Crippen LogP contribution is 2.26. The van der Waals surface area contributed by atoms with Crippen molar-refractivity contribution in [3.05, 3.63) is 28.4 Å². The molecule has 0 aliphatic carbocycles. The van der Waals surface area contributed by atoms with Crippen LogP contribution in [-0.2, 0) is 4.79 Å². The number of hydrogen-bond acceptors (Lipinski definition) is 5. The molecule has 7 heteroatoms. The van der Waals surface area contributed by atoms with Crippen LogP contribution in [0.3, 0.4) is 0 Å². The van der Waals surface area contributed by atoms with E-state index in [-0.39, 0.29) is 24.0 Å². The third-order valence-electron chi connectivity index (χ3n) is 2.65. The Kier molecular flexibility index (Phi) is 5.23. The molecule has 0 saturated carbocycles. The highest BCUT2D eigenvalue weighted by atomic mass is 16.6. The molecule has 0 saturated heterocycles. The number of pyridine rings is 1. The zero-order valence-electron chi connectivity index (χ0n) is 10.9. The van der Waals surface area contributed by atoms with Gasteiger partial charge in [-0.2, -0.15) is 0 Å². The van der Waals surface area contributed by atoms with Crippen LogP contribution in [0.5, 0.6) is 0 Å². The second-order valence-corrected chi connectivity index (χ2v) is 4.39. The van der Waals surface area contributed by atoms with E-state index < -0.39 is 10.9 Å². The summed E-state index contributed by atoms with van der Waals surface area (Å²) in [5.41, 5.74) is -0.0634.